The molecule has 1 aromatic carbocycles. The third-order valence-electron chi connectivity index (χ3n) is 6.72. The molecule has 0 saturated carbocycles. The zero-order valence-electron chi connectivity index (χ0n) is 18.7. The van der Waals surface area contributed by atoms with Crippen LogP contribution in [0.2, 0.25) is 18.1 Å². The summed E-state index contributed by atoms with van der Waals surface area (Å²) in [6, 6.07) is 5.54. The summed E-state index contributed by atoms with van der Waals surface area (Å²) >= 11 is 0. The van der Waals surface area contributed by atoms with Crippen molar-refractivity contribution in [3.05, 3.63) is 47.5 Å². The van der Waals surface area contributed by atoms with E-state index < -0.39 is 20.6 Å². The highest BCUT2D eigenvalue weighted by atomic mass is 28.4. The first-order chi connectivity index (χ1) is 13.9. The van der Waals surface area contributed by atoms with Crippen LogP contribution in [0, 0.1) is 0 Å². The Kier molecular flexibility index (Phi) is 6.39. The maximum Gasteiger partial charge on any atom is 0.244 e. The van der Waals surface area contributed by atoms with Crippen molar-refractivity contribution >= 4 is 20.1 Å². The fourth-order valence-corrected chi connectivity index (χ4v) is 5.19. The average molecular weight is 431 g/mol. The topological polar surface area (TPSA) is 78.9 Å². The third-order valence-corrected chi connectivity index (χ3v) is 11.2. The number of carbonyl (C=O) groups excluding carboxylic acids is 2. The number of nitrogens with zero attached hydrogens (tertiary/aromatic N) is 1. The Hall–Kier alpha value is -1.80. The van der Waals surface area contributed by atoms with E-state index in [1.54, 1.807) is 4.90 Å². The van der Waals surface area contributed by atoms with Gasteiger partial charge in [-0.15, -0.1) is 6.58 Å². The average Bonchev–Trinajstić information content (AvgIpc) is 2.96. The minimum Gasteiger partial charge on any atom is -0.410 e. The molecule has 2 amide bonds. The fourth-order valence-electron chi connectivity index (χ4n) is 3.89. The first kappa shape index (κ1) is 22.9. The van der Waals surface area contributed by atoms with Crippen molar-refractivity contribution in [2.45, 2.75) is 83.1 Å². The third kappa shape index (κ3) is 4.44. The maximum atomic E-state index is 12.3. The largest absolute Gasteiger partial charge is 0.410 e. The van der Waals surface area contributed by atoms with Gasteiger partial charge in [0.05, 0.1) is 12.1 Å². The van der Waals surface area contributed by atoms with E-state index in [4.69, 9.17) is 4.43 Å². The van der Waals surface area contributed by atoms with Crippen LogP contribution in [0.15, 0.2) is 30.9 Å². The van der Waals surface area contributed by atoms with Crippen LogP contribution in [0.3, 0.4) is 0 Å². The lowest BCUT2D eigenvalue weighted by Crippen LogP contribution is -2.51. The molecule has 0 bridgehead atoms. The molecule has 7 heteroatoms. The van der Waals surface area contributed by atoms with Gasteiger partial charge in [0.2, 0.25) is 11.8 Å². The summed E-state index contributed by atoms with van der Waals surface area (Å²) in [5, 5.41) is 13.3. The molecule has 30 heavy (non-hydrogen) atoms. The van der Waals surface area contributed by atoms with Gasteiger partial charge in [-0.1, -0.05) is 45.0 Å². The highest BCUT2D eigenvalue weighted by Crippen LogP contribution is 2.42. The van der Waals surface area contributed by atoms with Crippen LogP contribution in [0.25, 0.3) is 0 Å². The van der Waals surface area contributed by atoms with Crippen LogP contribution in [-0.2, 0) is 20.6 Å². The van der Waals surface area contributed by atoms with E-state index in [0.717, 1.165) is 16.7 Å². The van der Waals surface area contributed by atoms with Crippen molar-refractivity contribution in [2.75, 3.05) is 0 Å². The number of imide groups is 1. The van der Waals surface area contributed by atoms with Crippen molar-refractivity contribution in [3.8, 4) is 0 Å². The highest BCUT2D eigenvalue weighted by Gasteiger charge is 2.41. The predicted molar refractivity (Wildman–Crippen MR) is 119 cm³/mol. The summed E-state index contributed by atoms with van der Waals surface area (Å²) in [6.45, 7) is 15.5. The summed E-state index contributed by atoms with van der Waals surface area (Å²) in [4.78, 5) is 25.5. The molecule has 0 spiro atoms. The van der Waals surface area contributed by atoms with Gasteiger partial charge in [0.1, 0.15) is 6.23 Å². The summed E-state index contributed by atoms with van der Waals surface area (Å²) < 4.78 is 6.68. The van der Waals surface area contributed by atoms with Gasteiger partial charge in [-0.3, -0.25) is 19.8 Å². The molecule has 1 unspecified atom stereocenters. The van der Waals surface area contributed by atoms with Gasteiger partial charge in [0, 0.05) is 13.0 Å². The lowest BCUT2D eigenvalue weighted by Gasteiger charge is -2.39. The Morgan fingerprint density at radius 3 is 2.67 bits per heavy atom. The molecule has 164 valence electrons. The number of rotatable bonds is 6. The van der Waals surface area contributed by atoms with Gasteiger partial charge < -0.3 is 9.53 Å². The van der Waals surface area contributed by atoms with E-state index in [9.17, 15) is 14.7 Å². The van der Waals surface area contributed by atoms with Crippen molar-refractivity contribution < 1.29 is 19.1 Å². The first-order valence-corrected chi connectivity index (χ1v) is 13.5. The number of hydrogen-bond donors (Lipinski definition) is 2. The summed E-state index contributed by atoms with van der Waals surface area (Å²) in [5.41, 5.74) is 2.88. The summed E-state index contributed by atoms with van der Waals surface area (Å²) in [6.07, 6.45) is 2.38. The molecule has 2 N–H and O–H groups in total. The van der Waals surface area contributed by atoms with Crippen LogP contribution >= 0.6 is 0 Å². The molecule has 1 aromatic rings. The number of carbonyl (C=O) groups is 2. The lowest BCUT2D eigenvalue weighted by atomic mass is 10.0. The Morgan fingerprint density at radius 2 is 2.07 bits per heavy atom. The number of aliphatic hydroxyl groups excluding tert-OH is 1. The smallest absolute Gasteiger partial charge is 0.244 e. The first-order valence-electron chi connectivity index (χ1n) is 10.6. The number of nitrogens with one attached hydrogen (secondary N) is 1. The molecular weight excluding hydrogens is 396 g/mol. The summed E-state index contributed by atoms with van der Waals surface area (Å²) in [7, 11) is -1.98. The standard InChI is InChI=1S/C23H34N2O4Si/c1-7-8-19(29-30(5,6)23(2,3)4)15-9-10-17-16(13-15)14-25(22(17)28)18-11-12-20(26)24-21(18)27/h7,9-10,13,18-19,22,28H,1,8,11-12,14H2,2-6H3,(H,24,26,27)/t18-,19+,22?/m0/s1. The molecular formula is C23H34N2O4Si. The maximum absolute atomic E-state index is 12.3. The Bertz CT molecular complexity index is 846. The van der Waals surface area contributed by atoms with Crippen molar-refractivity contribution in [3.63, 3.8) is 0 Å². The number of piperidine rings is 1. The van der Waals surface area contributed by atoms with E-state index in [1.807, 2.05) is 18.2 Å². The zero-order chi connectivity index (χ0) is 22.3. The van der Waals surface area contributed by atoms with Gasteiger partial charge in [-0.05, 0) is 47.7 Å². The second-order valence-electron chi connectivity index (χ2n) is 9.86. The van der Waals surface area contributed by atoms with Crippen LogP contribution in [0.1, 0.15) is 69.1 Å². The second kappa shape index (κ2) is 8.38. The normalized spacial score (nSPS) is 23.8. The lowest BCUT2D eigenvalue weighted by molar-refractivity contribution is -0.141. The van der Waals surface area contributed by atoms with Gasteiger partial charge in [0.15, 0.2) is 8.32 Å². The van der Waals surface area contributed by atoms with Gasteiger partial charge in [-0.25, -0.2) is 0 Å². The number of fused-ring (bicyclic) bond motifs is 1. The molecule has 3 rings (SSSR count). The molecule has 0 aromatic heterocycles. The van der Waals surface area contributed by atoms with Crippen molar-refractivity contribution in [2.24, 2.45) is 0 Å². The number of hydrogen-bond acceptors (Lipinski definition) is 5. The number of amides is 2. The highest BCUT2D eigenvalue weighted by molar-refractivity contribution is 6.74. The molecule has 3 atom stereocenters. The van der Waals surface area contributed by atoms with E-state index >= 15 is 0 Å². The SMILES string of the molecule is C=CC[C@@H](O[Si](C)(C)C(C)(C)C)c1ccc2c(c1)CN([C@H]1CCC(=O)NC1=O)C2O. The minimum absolute atomic E-state index is 0.0875. The molecule has 0 aliphatic carbocycles. The zero-order valence-corrected chi connectivity index (χ0v) is 19.7. The minimum atomic E-state index is -1.98. The van der Waals surface area contributed by atoms with Crippen molar-refractivity contribution in [1.29, 1.82) is 0 Å². The van der Waals surface area contributed by atoms with Crippen molar-refractivity contribution in [1.82, 2.24) is 10.2 Å². The Labute approximate surface area is 180 Å². The molecule has 1 fully saturated rings. The van der Waals surface area contributed by atoms with E-state index in [1.165, 1.54) is 0 Å². The Morgan fingerprint density at radius 1 is 1.37 bits per heavy atom. The molecule has 2 heterocycles. The molecule has 2 aliphatic heterocycles. The molecule has 1 saturated heterocycles. The van der Waals surface area contributed by atoms with E-state index in [-0.39, 0.29) is 23.0 Å². The fraction of sp³-hybridized carbons (Fsp3) is 0.565. The van der Waals surface area contributed by atoms with Gasteiger partial charge in [0.25, 0.3) is 0 Å². The predicted octanol–water partition coefficient (Wildman–Crippen LogP) is 3.94. The van der Waals surface area contributed by atoms with E-state index in [0.29, 0.717) is 25.8 Å². The monoisotopic (exact) mass is 430 g/mol. The molecule has 0 radical (unpaired) electrons. The van der Waals surface area contributed by atoms with Crippen LogP contribution in [0.5, 0.6) is 0 Å². The van der Waals surface area contributed by atoms with Gasteiger partial charge in [-0.2, -0.15) is 0 Å². The van der Waals surface area contributed by atoms with Crippen LogP contribution < -0.4 is 5.32 Å². The Balaban J connectivity index is 1.83. The second-order valence-corrected chi connectivity index (χ2v) is 14.6. The quantitative estimate of drug-likeness (QED) is 0.406. The number of benzene rings is 1. The molecule has 2 aliphatic rings. The molecule has 6 nitrogen and oxygen atoms in total. The summed E-state index contributed by atoms with van der Waals surface area (Å²) in [5.74, 6) is -0.580. The number of aliphatic hydroxyl groups is 1. The van der Waals surface area contributed by atoms with E-state index in [2.05, 4.69) is 51.8 Å². The van der Waals surface area contributed by atoms with Crippen LogP contribution in [0.4, 0.5) is 0 Å². The van der Waals surface area contributed by atoms with Gasteiger partial charge >= 0.3 is 0 Å². The van der Waals surface area contributed by atoms with Crippen LogP contribution in [-0.4, -0.2) is 36.2 Å².